The van der Waals surface area contributed by atoms with Crippen molar-refractivity contribution in [3.05, 3.63) is 54.2 Å². The molecule has 1 heterocycles. The molecule has 2 nitrogen and oxygen atoms in total. The van der Waals surface area contributed by atoms with Crippen molar-refractivity contribution in [2.45, 2.75) is 33.6 Å². The van der Waals surface area contributed by atoms with Crippen LogP contribution in [0.2, 0.25) is 0 Å². The summed E-state index contributed by atoms with van der Waals surface area (Å²) in [7, 11) is 0. The highest BCUT2D eigenvalue weighted by molar-refractivity contribution is 5.67. The second-order valence-electron chi connectivity index (χ2n) is 6.08. The lowest BCUT2D eigenvalue weighted by atomic mass is 9.76. The van der Waals surface area contributed by atoms with Gasteiger partial charge >= 0.3 is 0 Å². The number of hydrogen-bond acceptors (Lipinski definition) is 2. The van der Waals surface area contributed by atoms with Crippen LogP contribution in [0.25, 0.3) is 5.57 Å². The highest BCUT2D eigenvalue weighted by Crippen LogP contribution is 2.63. The Bertz CT molecular complexity index is 597. The molecule has 1 saturated carbocycles. The normalized spacial score (nSPS) is 32.5. The first-order valence-electron chi connectivity index (χ1n) is 7.48. The van der Waals surface area contributed by atoms with Gasteiger partial charge in [-0.15, -0.1) is 0 Å². The number of nitrogens with zero attached hydrogens (tertiary/aromatic N) is 2. The summed E-state index contributed by atoms with van der Waals surface area (Å²) in [6.45, 7) is 6.51. The van der Waals surface area contributed by atoms with Gasteiger partial charge in [-0.1, -0.05) is 37.3 Å². The molecule has 104 valence electrons. The molecule has 2 aliphatic rings. The Kier molecular flexibility index (Phi) is 3.33. The molecule has 0 spiro atoms. The summed E-state index contributed by atoms with van der Waals surface area (Å²) in [4.78, 5) is 9.14. The van der Waals surface area contributed by atoms with Gasteiger partial charge in [0.2, 0.25) is 0 Å². The van der Waals surface area contributed by atoms with Crippen molar-refractivity contribution in [1.82, 2.24) is 9.97 Å². The van der Waals surface area contributed by atoms with Crippen LogP contribution in [0, 0.1) is 24.2 Å². The van der Waals surface area contributed by atoms with Crippen molar-refractivity contribution in [3.8, 4) is 0 Å². The van der Waals surface area contributed by atoms with E-state index in [4.69, 9.17) is 0 Å². The van der Waals surface area contributed by atoms with Gasteiger partial charge in [-0.2, -0.15) is 0 Å². The summed E-state index contributed by atoms with van der Waals surface area (Å²) in [6.07, 6.45) is 15.5. The second kappa shape index (κ2) is 5.01. The van der Waals surface area contributed by atoms with Crippen molar-refractivity contribution in [1.29, 1.82) is 0 Å². The maximum absolute atomic E-state index is 4.64. The minimum Gasteiger partial charge on any atom is -0.237 e. The Morgan fingerprint density at radius 3 is 2.85 bits per heavy atom. The van der Waals surface area contributed by atoms with E-state index in [1.54, 1.807) is 0 Å². The third-order valence-electron chi connectivity index (χ3n) is 4.75. The molecular weight excluding hydrogens is 244 g/mol. The van der Waals surface area contributed by atoms with Gasteiger partial charge in [-0.05, 0) is 44.1 Å². The summed E-state index contributed by atoms with van der Waals surface area (Å²) in [5.74, 6) is 2.17. The Hall–Kier alpha value is -1.70. The van der Waals surface area contributed by atoms with E-state index in [0.29, 0.717) is 11.3 Å². The summed E-state index contributed by atoms with van der Waals surface area (Å²) in [5.41, 5.74) is 2.66. The zero-order chi connectivity index (χ0) is 14.2. The quantitative estimate of drug-likeness (QED) is 0.760. The van der Waals surface area contributed by atoms with E-state index in [1.165, 1.54) is 12.0 Å². The van der Waals surface area contributed by atoms with Crippen LogP contribution in [0.15, 0.2) is 42.6 Å². The van der Waals surface area contributed by atoms with E-state index in [-0.39, 0.29) is 0 Å². The fraction of sp³-hybridized carbons (Fsp3) is 0.444. The van der Waals surface area contributed by atoms with Crippen molar-refractivity contribution in [2.75, 3.05) is 0 Å². The Balaban J connectivity index is 2.00. The van der Waals surface area contributed by atoms with Crippen LogP contribution in [0.1, 0.15) is 38.2 Å². The summed E-state index contributed by atoms with van der Waals surface area (Å²) >= 11 is 0. The molecule has 20 heavy (non-hydrogen) atoms. The van der Waals surface area contributed by atoms with Gasteiger partial charge in [0.1, 0.15) is 0 Å². The Morgan fingerprint density at radius 1 is 1.40 bits per heavy atom. The molecule has 0 aromatic carbocycles. The number of aryl methyl sites for hydroxylation is 1. The molecule has 3 rings (SSSR count). The van der Waals surface area contributed by atoms with Crippen LogP contribution in [-0.4, -0.2) is 9.97 Å². The average molecular weight is 266 g/mol. The second-order valence-corrected chi connectivity index (χ2v) is 6.08. The molecule has 3 unspecified atom stereocenters. The molecule has 2 aliphatic carbocycles. The van der Waals surface area contributed by atoms with Crippen LogP contribution in [0.4, 0.5) is 0 Å². The lowest BCUT2D eigenvalue weighted by Crippen LogP contribution is -2.20. The van der Waals surface area contributed by atoms with Gasteiger partial charge in [0.05, 0.1) is 0 Å². The molecule has 1 fully saturated rings. The predicted octanol–water partition coefficient (Wildman–Crippen LogP) is 4.35. The number of allylic oxidation sites excluding steroid dienone is 6. The summed E-state index contributed by atoms with van der Waals surface area (Å²) in [5, 5.41) is 0. The van der Waals surface area contributed by atoms with Crippen molar-refractivity contribution in [2.24, 2.45) is 17.3 Å². The average Bonchev–Trinajstić information content (AvgIpc) is 3.10. The molecule has 0 radical (unpaired) electrons. The van der Waals surface area contributed by atoms with Crippen molar-refractivity contribution >= 4 is 5.57 Å². The van der Waals surface area contributed by atoms with E-state index in [0.717, 1.165) is 23.9 Å². The molecule has 1 aromatic heterocycles. The zero-order valence-corrected chi connectivity index (χ0v) is 12.5. The molecule has 3 atom stereocenters. The maximum Gasteiger partial charge on any atom is 0.155 e. The van der Waals surface area contributed by atoms with Gasteiger partial charge in [0.25, 0.3) is 0 Å². The maximum atomic E-state index is 4.64. The Morgan fingerprint density at radius 2 is 2.20 bits per heavy atom. The summed E-state index contributed by atoms with van der Waals surface area (Å²) < 4.78 is 0. The van der Waals surface area contributed by atoms with Crippen LogP contribution in [0.5, 0.6) is 0 Å². The van der Waals surface area contributed by atoms with Crippen molar-refractivity contribution in [3.63, 3.8) is 0 Å². The van der Waals surface area contributed by atoms with E-state index in [2.05, 4.69) is 54.2 Å². The van der Waals surface area contributed by atoms with Crippen LogP contribution in [0.3, 0.4) is 0 Å². The minimum absolute atomic E-state index is 0.318. The van der Waals surface area contributed by atoms with Gasteiger partial charge < -0.3 is 0 Å². The number of aromatic nitrogens is 2. The Labute approximate surface area is 121 Å². The van der Waals surface area contributed by atoms with E-state index < -0.39 is 0 Å². The van der Waals surface area contributed by atoms with Crippen LogP contribution in [-0.2, 0) is 0 Å². The largest absolute Gasteiger partial charge is 0.237 e. The molecule has 0 amide bonds. The minimum atomic E-state index is 0.318. The monoisotopic (exact) mass is 266 g/mol. The predicted molar refractivity (Wildman–Crippen MR) is 83.0 cm³/mol. The number of hydrogen-bond donors (Lipinski definition) is 0. The SMILES string of the molecule is CC=CC1(C2CC=CC=C2c2nccc(C)n2)CC1C. The van der Waals surface area contributed by atoms with Gasteiger partial charge in [-0.3, -0.25) is 0 Å². The standard InChI is InChI=1S/C18H22N2/c1-4-10-18(12-13(18)2)16-8-6-5-7-15(16)17-19-11-9-14(3)20-17/h4-7,9-11,13,16H,8,12H2,1-3H3. The third kappa shape index (κ3) is 2.13. The van der Waals surface area contributed by atoms with E-state index >= 15 is 0 Å². The topological polar surface area (TPSA) is 25.8 Å². The molecule has 0 saturated heterocycles. The smallest absolute Gasteiger partial charge is 0.155 e. The fourth-order valence-electron chi connectivity index (χ4n) is 3.57. The van der Waals surface area contributed by atoms with E-state index in [1.807, 2.05) is 19.2 Å². The first-order valence-corrected chi connectivity index (χ1v) is 7.48. The number of rotatable bonds is 3. The molecule has 0 bridgehead atoms. The van der Waals surface area contributed by atoms with Crippen LogP contribution < -0.4 is 0 Å². The molecule has 0 N–H and O–H groups in total. The summed E-state index contributed by atoms with van der Waals surface area (Å²) in [6, 6.07) is 1.96. The lowest BCUT2D eigenvalue weighted by Gasteiger charge is -2.28. The molecule has 2 heteroatoms. The van der Waals surface area contributed by atoms with Gasteiger partial charge in [0, 0.05) is 23.4 Å². The van der Waals surface area contributed by atoms with Crippen molar-refractivity contribution < 1.29 is 0 Å². The van der Waals surface area contributed by atoms with E-state index in [9.17, 15) is 0 Å². The molecule has 1 aromatic rings. The zero-order valence-electron chi connectivity index (χ0n) is 12.5. The third-order valence-corrected chi connectivity index (χ3v) is 4.75. The highest BCUT2D eigenvalue weighted by atomic mass is 14.9. The molecule has 0 aliphatic heterocycles. The highest BCUT2D eigenvalue weighted by Gasteiger charge is 2.55. The lowest BCUT2D eigenvalue weighted by molar-refractivity contribution is 0.436. The van der Waals surface area contributed by atoms with Gasteiger partial charge in [-0.25, -0.2) is 9.97 Å². The fourth-order valence-corrected chi connectivity index (χ4v) is 3.57. The first-order chi connectivity index (χ1) is 9.67. The molecular formula is C18H22N2. The first kappa shape index (κ1) is 13.3. The van der Waals surface area contributed by atoms with Crippen LogP contribution >= 0.6 is 0 Å². The van der Waals surface area contributed by atoms with Gasteiger partial charge in [0.15, 0.2) is 5.82 Å².